The molecule has 0 atom stereocenters. The number of rotatable bonds is 5. The molecule has 1 fully saturated rings. The minimum absolute atomic E-state index is 0.0258. The molecule has 0 radical (unpaired) electrons. The van der Waals surface area contributed by atoms with Gasteiger partial charge in [-0.25, -0.2) is 4.98 Å². The third-order valence-electron chi connectivity index (χ3n) is 4.37. The van der Waals surface area contributed by atoms with Gasteiger partial charge in [-0.05, 0) is 24.6 Å². The number of piperazine rings is 1. The van der Waals surface area contributed by atoms with Crippen LogP contribution in [0.15, 0.2) is 42.5 Å². The van der Waals surface area contributed by atoms with Crippen LogP contribution in [0.2, 0.25) is 0 Å². The molecule has 1 saturated heterocycles. The van der Waals surface area contributed by atoms with E-state index >= 15 is 0 Å². The lowest BCUT2D eigenvalue weighted by molar-refractivity contribution is -0.122. The fourth-order valence-corrected chi connectivity index (χ4v) is 2.87. The Morgan fingerprint density at radius 1 is 1.12 bits per heavy atom. The second-order valence-electron chi connectivity index (χ2n) is 6.34. The van der Waals surface area contributed by atoms with Crippen LogP contribution in [0.25, 0.3) is 0 Å². The summed E-state index contributed by atoms with van der Waals surface area (Å²) >= 11 is 0. The highest BCUT2D eigenvalue weighted by Crippen LogP contribution is 2.13. The maximum absolute atomic E-state index is 13.2. The van der Waals surface area contributed by atoms with Gasteiger partial charge in [0, 0.05) is 32.7 Å². The molecule has 5 nitrogen and oxygen atoms in total. The average Bonchev–Trinajstić information content (AvgIpc) is 2.62. The zero-order valence-electron chi connectivity index (χ0n) is 14.4. The van der Waals surface area contributed by atoms with Crippen molar-refractivity contribution < 1.29 is 9.18 Å². The van der Waals surface area contributed by atoms with Crippen LogP contribution in [0.5, 0.6) is 0 Å². The van der Waals surface area contributed by atoms with Crippen molar-refractivity contribution in [1.29, 1.82) is 0 Å². The molecule has 3 rings (SSSR count). The van der Waals surface area contributed by atoms with Crippen molar-refractivity contribution in [1.82, 2.24) is 15.2 Å². The normalized spacial score (nSPS) is 15.2. The van der Waals surface area contributed by atoms with Gasteiger partial charge in [0.2, 0.25) is 11.9 Å². The van der Waals surface area contributed by atoms with Gasteiger partial charge in [-0.1, -0.05) is 35.9 Å². The standard InChI is InChI=1S/C19H23FN4O/c1-15-5-7-16(8-6-15)13-21-19(25)14-23-9-11-24(12-10-23)18-4-2-3-17(20)22-18/h2-8H,9-14H2,1H3,(H,21,25). The lowest BCUT2D eigenvalue weighted by Crippen LogP contribution is -2.49. The predicted octanol–water partition coefficient (Wildman–Crippen LogP) is 1.97. The molecule has 1 aliphatic rings. The number of benzene rings is 1. The SMILES string of the molecule is Cc1ccc(CNC(=O)CN2CCN(c3cccc(F)n3)CC2)cc1. The minimum Gasteiger partial charge on any atom is -0.354 e. The molecule has 0 aliphatic carbocycles. The first-order valence-electron chi connectivity index (χ1n) is 8.52. The summed E-state index contributed by atoms with van der Waals surface area (Å²) in [5, 5.41) is 2.96. The first-order valence-corrected chi connectivity index (χ1v) is 8.52. The summed E-state index contributed by atoms with van der Waals surface area (Å²) in [4.78, 5) is 20.2. The van der Waals surface area contributed by atoms with E-state index in [4.69, 9.17) is 0 Å². The Balaban J connectivity index is 1.42. The monoisotopic (exact) mass is 342 g/mol. The number of carbonyl (C=O) groups is 1. The van der Waals surface area contributed by atoms with Crippen LogP contribution < -0.4 is 10.2 Å². The van der Waals surface area contributed by atoms with Crippen LogP contribution in [0.1, 0.15) is 11.1 Å². The van der Waals surface area contributed by atoms with Gasteiger partial charge in [-0.2, -0.15) is 4.39 Å². The van der Waals surface area contributed by atoms with Crippen LogP contribution in [-0.2, 0) is 11.3 Å². The Hall–Kier alpha value is -2.47. The van der Waals surface area contributed by atoms with Crippen LogP contribution in [0.4, 0.5) is 10.2 Å². The number of amides is 1. The van der Waals surface area contributed by atoms with Crippen molar-refractivity contribution >= 4 is 11.7 Å². The van der Waals surface area contributed by atoms with E-state index in [1.54, 1.807) is 6.07 Å². The number of halogens is 1. The zero-order valence-corrected chi connectivity index (χ0v) is 14.4. The first-order chi connectivity index (χ1) is 12.1. The minimum atomic E-state index is -0.463. The molecule has 0 saturated carbocycles. The van der Waals surface area contributed by atoms with Crippen LogP contribution in [0, 0.1) is 12.9 Å². The highest BCUT2D eigenvalue weighted by atomic mass is 19.1. The topological polar surface area (TPSA) is 48.5 Å². The molecule has 1 amide bonds. The van der Waals surface area contributed by atoms with Gasteiger partial charge in [0.05, 0.1) is 6.54 Å². The van der Waals surface area contributed by atoms with E-state index in [1.807, 2.05) is 42.2 Å². The lowest BCUT2D eigenvalue weighted by Gasteiger charge is -2.34. The molecule has 132 valence electrons. The maximum Gasteiger partial charge on any atom is 0.234 e. The van der Waals surface area contributed by atoms with Crippen molar-refractivity contribution in [2.75, 3.05) is 37.6 Å². The molecule has 1 aromatic heterocycles. The molecule has 1 aliphatic heterocycles. The van der Waals surface area contributed by atoms with Gasteiger partial charge < -0.3 is 10.2 Å². The van der Waals surface area contributed by atoms with Crippen molar-refractivity contribution in [2.24, 2.45) is 0 Å². The van der Waals surface area contributed by atoms with Crippen LogP contribution in [-0.4, -0.2) is 48.5 Å². The fourth-order valence-electron chi connectivity index (χ4n) is 2.87. The molecular formula is C19H23FN4O. The second-order valence-corrected chi connectivity index (χ2v) is 6.34. The highest BCUT2D eigenvalue weighted by Gasteiger charge is 2.20. The van der Waals surface area contributed by atoms with E-state index in [0.29, 0.717) is 18.9 Å². The first kappa shape index (κ1) is 17.4. The van der Waals surface area contributed by atoms with Gasteiger partial charge in [-0.3, -0.25) is 9.69 Å². The molecule has 25 heavy (non-hydrogen) atoms. The average molecular weight is 342 g/mol. The zero-order chi connectivity index (χ0) is 17.6. The van der Waals surface area contributed by atoms with Crippen LogP contribution >= 0.6 is 0 Å². The molecule has 6 heteroatoms. The van der Waals surface area contributed by atoms with Crippen molar-refractivity contribution in [3.63, 3.8) is 0 Å². The van der Waals surface area contributed by atoms with Gasteiger partial charge >= 0.3 is 0 Å². The van der Waals surface area contributed by atoms with Crippen LogP contribution in [0.3, 0.4) is 0 Å². The molecule has 2 aromatic rings. The van der Waals surface area contributed by atoms with Gasteiger partial charge in [-0.15, -0.1) is 0 Å². The Bertz CT molecular complexity index is 712. The van der Waals surface area contributed by atoms with E-state index in [0.717, 1.165) is 31.7 Å². The maximum atomic E-state index is 13.2. The van der Waals surface area contributed by atoms with E-state index in [9.17, 15) is 9.18 Å². The van der Waals surface area contributed by atoms with Crippen molar-refractivity contribution in [3.05, 3.63) is 59.5 Å². The highest BCUT2D eigenvalue weighted by molar-refractivity contribution is 5.78. The number of hydrogen-bond donors (Lipinski definition) is 1. The summed E-state index contributed by atoms with van der Waals surface area (Å²) < 4.78 is 13.2. The number of nitrogens with one attached hydrogen (secondary N) is 1. The third-order valence-corrected chi connectivity index (χ3v) is 4.37. The van der Waals surface area contributed by atoms with E-state index in [-0.39, 0.29) is 5.91 Å². The van der Waals surface area contributed by atoms with Gasteiger partial charge in [0.15, 0.2) is 0 Å². The number of pyridine rings is 1. The summed E-state index contributed by atoms with van der Waals surface area (Å²) in [7, 11) is 0. The fraction of sp³-hybridized carbons (Fsp3) is 0.368. The third kappa shape index (κ3) is 5.00. The van der Waals surface area contributed by atoms with E-state index in [2.05, 4.69) is 15.2 Å². The second kappa shape index (κ2) is 8.07. The van der Waals surface area contributed by atoms with E-state index in [1.165, 1.54) is 11.6 Å². The van der Waals surface area contributed by atoms with Gasteiger partial charge in [0.25, 0.3) is 0 Å². The predicted molar refractivity (Wildman–Crippen MR) is 95.9 cm³/mol. The molecule has 0 spiro atoms. The van der Waals surface area contributed by atoms with Gasteiger partial charge in [0.1, 0.15) is 5.82 Å². The number of nitrogens with zero attached hydrogens (tertiary/aromatic N) is 3. The largest absolute Gasteiger partial charge is 0.354 e. The quantitative estimate of drug-likeness (QED) is 0.844. The number of hydrogen-bond acceptors (Lipinski definition) is 4. The van der Waals surface area contributed by atoms with Crippen molar-refractivity contribution in [2.45, 2.75) is 13.5 Å². The molecule has 0 unspecified atom stereocenters. The summed E-state index contributed by atoms with van der Waals surface area (Å²) in [6.45, 7) is 5.97. The van der Waals surface area contributed by atoms with Crippen molar-refractivity contribution in [3.8, 4) is 0 Å². The summed E-state index contributed by atoms with van der Waals surface area (Å²) in [6.07, 6.45) is 0. The summed E-state index contributed by atoms with van der Waals surface area (Å²) in [5.41, 5.74) is 2.31. The lowest BCUT2D eigenvalue weighted by atomic mass is 10.1. The molecule has 1 N–H and O–H groups in total. The number of anilines is 1. The Kier molecular flexibility index (Phi) is 5.60. The molecular weight excluding hydrogens is 319 g/mol. The number of carbonyl (C=O) groups excluding carboxylic acids is 1. The molecule has 0 bridgehead atoms. The number of aryl methyl sites for hydroxylation is 1. The molecule has 1 aromatic carbocycles. The summed E-state index contributed by atoms with van der Waals surface area (Å²) in [5.74, 6) is 0.219. The molecule has 2 heterocycles. The van der Waals surface area contributed by atoms with E-state index < -0.39 is 5.95 Å². The number of aromatic nitrogens is 1. The Morgan fingerprint density at radius 2 is 1.84 bits per heavy atom. The Morgan fingerprint density at radius 3 is 2.52 bits per heavy atom. The smallest absolute Gasteiger partial charge is 0.234 e. The Labute approximate surface area is 147 Å². The summed E-state index contributed by atoms with van der Waals surface area (Å²) in [6, 6.07) is 13.0.